The van der Waals surface area contributed by atoms with Gasteiger partial charge in [0.1, 0.15) is 0 Å². The third-order valence-electron chi connectivity index (χ3n) is 12.3. The average molecular weight is 832 g/mol. The van der Waals surface area contributed by atoms with Crippen LogP contribution in [0.25, 0.3) is 112 Å². The summed E-state index contributed by atoms with van der Waals surface area (Å²) < 4.78 is 0. The van der Waals surface area contributed by atoms with Crippen LogP contribution in [-0.2, 0) is 0 Å². The van der Waals surface area contributed by atoms with Gasteiger partial charge in [-0.3, -0.25) is 9.98 Å². The molecule has 2 aromatic heterocycles. The number of aliphatic imine (C=N–C) groups is 1. The summed E-state index contributed by atoms with van der Waals surface area (Å²) in [7, 11) is 0. The Labute approximate surface area is 377 Å². The van der Waals surface area contributed by atoms with Crippen LogP contribution in [0.4, 0.5) is 0 Å². The maximum absolute atomic E-state index is 5.27. The first-order valence-electron chi connectivity index (χ1n) is 21.7. The molecule has 0 aliphatic rings. The maximum atomic E-state index is 5.27. The molecule has 0 radical (unpaired) electrons. The molecule has 0 aliphatic carbocycles. The molecule has 0 aliphatic heterocycles. The van der Waals surface area contributed by atoms with E-state index in [-0.39, 0.29) is 0 Å². The van der Waals surface area contributed by atoms with Gasteiger partial charge in [0.15, 0.2) is 17.5 Å². The van der Waals surface area contributed by atoms with E-state index < -0.39 is 0 Å². The highest BCUT2D eigenvalue weighted by molar-refractivity contribution is 5.96. The normalized spacial score (nSPS) is 12.2. The lowest BCUT2D eigenvalue weighted by Gasteiger charge is -2.14. The van der Waals surface area contributed by atoms with E-state index in [0.717, 1.165) is 98.6 Å². The van der Waals surface area contributed by atoms with E-state index in [2.05, 4.69) is 218 Å². The van der Waals surface area contributed by atoms with Gasteiger partial charge in [-0.1, -0.05) is 170 Å². The van der Waals surface area contributed by atoms with Gasteiger partial charge in [-0.15, -0.1) is 0 Å². The highest BCUT2D eigenvalue weighted by atomic mass is 15.0. The number of pyridine rings is 1. The van der Waals surface area contributed by atoms with Crippen molar-refractivity contribution in [1.29, 1.82) is 0 Å². The van der Waals surface area contributed by atoms with Crippen molar-refractivity contribution in [3.8, 4) is 67.5 Å². The predicted molar refractivity (Wildman–Crippen MR) is 271 cm³/mol. The minimum Gasteiger partial charge on any atom is -0.272 e. The van der Waals surface area contributed by atoms with E-state index in [4.69, 9.17) is 15.0 Å². The number of hydrogen-bond donors (Lipinski definition) is 0. The van der Waals surface area contributed by atoms with Gasteiger partial charge in [0.2, 0.25) is 0 Å². The predicted octanol–water partition coefficient (Wildman–Crippen LogP) is 13.4. The number of hydrogen-bond acceptors (Lipinski definition) is 5. The van der Waals surface area contributed by atoms with Crippen molar-refractivity contribution in [3.63, 3.8) is 0 Å². The van der Waals surface area contributed by atoms with Gasteiger partial charge in [0.25, 0.3) is 0 Å². The lowest BCUT2D eigenvalue weighted by atomic mass is 9.93. The summed E-state index contributed by atoms with van der Waals surface area (Å²) in [6, 6.07) is 70.5. The lowest BCUT2D eigenvalue weighted by Crippen LogP contribution is -2.25. The first-order chi connectivity index (χ1) is 32.0. The molecular weight excluding hydrogens is 791 g/mol. The second kappa shape index (κ2) is 16.9. The van der Waals surface area contributed by atoms with Crippen LogP contribution >= 0.6 is 0 Å². The van der Waals surface area contributed by atoms with E-state index in [1.165, 1.54) is 5.39 Å². The maximum Gasteiger partial charge on any atom is 0.164 e. The van der Waals surface area contributed by atoms with E-state index in [1.807, 2.05) is 24.7 Å². The van der Waals surface area contributed by atoms with E-state index in [9.17, 15) is 0 Å². The smallest absolute Gasteiger partial charge is 0.164 e. The van der Waals surface area contributed by atoms with Crippen LogP contribution in [-0.4, -0.2) is 26.7 Å². The van der Waals surface area contributed by atoms with Crippen LogP contribution in [0.1, 0.15) is 12.5 Å². The fourth-order valence-electron chi connectivity index (χ4n) is 8.82. The molecule has 11 rings (SSSR count). The van der Waals surface area contributed by atoms with Crippen molar-refractivity contribution >= 4 is 50.8 Å². The van der Waals surface area contributed by atoms with Gasteiger partial charge in [0, 0.05) is 51.5 Å². The van der Waals surface area contributed by atoms with Crippen molar-refractivity contribution in [2.75, 3.05) is 0 Å². The Morgan fingerprint density at radius 2 is 0.892 bits per heavy atom. The average Bonchev–Trinajstić information content (AvgIpc) is 3.38. The fourth-order valence-corrected chi connectivity index (χ4v) is 8.82. The summed E-state index contributed by atoms with van der Waals surface area (Å²) in [5.41, 5.74) is 11.5. The summed E-state index contributed by atoms with van der Waals surface area (Å²) >= 11 is 0. The first kappa shape index (κ1) is 39.2. The van der Waals surface area contributed by atoms with Gasteiger partial charge in [-0.25, -0.2) is 15.0 Å². The molecule has 0 spiro atoms. The number of aromatic nitrogens is 4. The fraction of sp³-hybridized carbons (Fsp3) is 0.0167. The van der Waals surface area contributed by atoms with E-state index >= 15 is 0 Å². The van der Waals surface area contributed by atoms with Crippen molar-refractivity contribution in [1.82, 2.24) is 19.9 Å². The molecule has 0 amide bonds. The van der Waals surface area contributed by atoms with Crippen molar-refractivity contribution < 1.29 is 0 Å². The molecule has 0 unspecified atom stereocenters. The standard InChI is InChI=1S/C60H41N5/c1-39(55-17-9-7-15-50(55)36-61-2)40-19-21-43(22-20-40)52-33-53(44-23-27-45(28-24-44)57-38-62-37-51-16-8-10-18-56(51)57)35-54(34-52)60-64-58(48-29-25-41-11-3-5-13-46(41)31-48)63-59(65-60)49-30-26-42-12-4-6-14-47(42)32-49/h3-38H,2H2,1H3/b50-36-,55-39+. The largest absolute Gasteiger partial charge is 0.272 e. The minimum atomic E-state index is 0.595. The summed E-state index contributed by atoms with van der Waals surface area (Å²) in [6.45, 7) is 5.85. The van der Waals surface area contributed by atoms with Gasteiger partial charge < -0.3 is 0 Å². The van der Waals surface area contributed by atoms with Crippen LogP contribution < -0.4 is 10.4 Å². The highest BCUT2D eigenvalue weighted by Crippen LogP contribution is 2.36. The zero-order chi connectivity index (χ0) is 43.7. The van der Waals surface area contributed by atoms with Crippen LogP contribution in [0.15, 0.2) is 218 Å². The zero-order valence-electron chi connectivity index (χ0n) is 35.7. The minimum absolute atomic E-state index is 0.595. The Bertz CT molecular complexity index is 3640. The molecule has 0 N–H and O–H groups in total. The molecule has 0 saturated heterocycles. The molecule has 5 heteroatoms. The molecule has 5 nitrogen and oxygen atoms in total. The Kier molecular flexibility index (Phi) is 10.2. The van der Waals surface area contributed by atoms with Gasteiger partial charge in [0.05, 0.1) is 0 Å². The van der Waals surface area contributed by atoms with E-state index in [0.29, 0.717) is 17.5 Å². The second-order valence-electron chi connectivity index (χ2n) is 16.3. The molecule has 0 fully saturated rings. The Morgan fingerprint density at radius 3 is 1.51 bits per heavy atom. The van der Waals surface area contributed by atoms with Gasteiger partial charge >= 0.3 is 0 Å². The third-order valence-corrected chi connectivity index (χ3v) is 12.3. The van der Waals surface area contributed by atoms with E-state index in [1.54, 1.807) is 0 Å². The van der Waals surface area contributed by atoms with Crippen LogP contribution in [0.3, 0.4) is 0 Å². The lowest BCUT2D eigenvalue weighted by molar-refractivity contribution is 1.08. The molecule has 0 bridgehead atoms. The zero-order valence-corrected chi connectivity index (χ0v) is 35.7. The van der Waals surface area contributed by atoms with Crippen molar-refractivity contribution in [2.24, 2.45) is 4.99 Å². The summed E-state index contributed by atoms with van der Waals surface area (Å²) in [6.07, 6.45) is 5.68. The Balaban J connectivity index is 1.08. The number of rotatable bonds is 8. The topological polar surface area (TPSA) is 63.9 Å². The van der Waals surface area contributed by atoms with Crippen LogP contribution in [0, 0.1) is 0 Å². The number of benzene rings is 9. The SMILES string of the molecule is C=N/C=c1/cccc/c1=C(/C)c1ccc(-c2cc(-c3ccc(-c4cncc5ccccc45)cc3)cc(-c3nc(-c4ccc5ccccc5c4)nc(-c4ccc5ccccc5c4)n3)c2)cc1. The van der Waals surface area contributed by atoms with Crippen LogP contribution in [0.2, 0.25) is 0 Å². The molecule has 0 atom stereocenters. The Hall–Kier alpha value is -8.67. The highest BCUT2D eigenvalue weighted by Gasteiger charge is 2.16. The second-order valence-corrected chi connectivity index (χ2v) is 16.3. The first-order valence-corrected chi connectivity index (χ1v) is 21.7. The molecule has 65 heavy (non-hydrogen) atoms. The molecule has 9 aromatic carbocycles. The molecule has 2 heterocycles. The third kappa shape index (κ3) is 7.77. The van der Waals surface area contributed by atoms with Crippen molar-refractivity contribution in [2.45, 2.75) is 6.92 Å². The number of nitrogens with zero attached hydrogens (tertiary/aromatic N) is 5. The molecular formula is C60H41N5. The monoisotopic (exact) mass is 831 g/mol. The molecule has 11 aromatic rings. The molecule has 306 valence electrons. The summed E-state index contributed by atoms with van der Waals surface area (Å²) in [4.78, 5) is 24.3. The summed E-state index contributed by atoms with van der Waals surface area (Å²) in [5.74, 6) is 1.82. The Morgan fingerprint density at radius 1 is 0.415 bits per heavy atom. The van der Waals surface area contributed by atoms with Crippen LogP contribution in [0.5, 0.6) is 0 Å². The van der Waals surface area contributed by atoms with Gasteiger partial charge in [-0.2, -0.15) is 0 Å². The van der Waals surface area contributed by atoms with Crippen molar-refractivity contribution in [3.05, 3.63) is 229 Å². The molecule has 0 saturated carbocycles. The quantitative estimate of drug-likeness (QED) is 0.143. The summed E-state index contributed by atoms with van der Waals surface area (Å²) in [5, 5.41) is 9.03. The number of fused-ring (bicyclic) bond motifs is 3. The van der Waals surface area contributed by atoms with Gasteiger partial charge in [-0.05, 0) is 115 Å².